The number of ether oxygens (including phenoxy) is 2. The number of esters is 1. The van der Waals surface area contributed by atoms with Crippen LogP contribution in [0.15, 0.2) is 0 Å². The average Bonchev–Trinajstić information content (AvgIpc) is 2.42. The second-order valence-electron chi connectivity index (χ2n) is 5.36. The summed E-state index contributed by atoms with van der Waals surface area (Å²) in [7, 11) is 0. The number of nitrogens with one attached hydrogen (secondary N) is 1. The first-order valence-corrected chi connectivity index (χ1v) is 8.10. The molecule has 0 heterocycles. The highest BCUT2D eigenvalue weighted by molar-refractivity contribution is 5.80. The maximum Gasteiger partial charge on any atom is 0.326 e. The molecule has 0 aliphatic rings. The Kier molecular flexibility index (Phi) is 11.8. The van der Waals surface area contributed by atoms with Gasteiger partial charge in [0.25, 0.3) is 0 Å². The molecule has 0 radical (unpaired) electrons. The van der Waals surface area contributed by atoms with Gasteiger partial charge >= 0.3 is 5.97 Å². The Morgan fingerprint density at radius 3 is 2.25 bits per heavy atom. The van der Waals surface area contributed by atoms with Crippen LogP contribution in [0.2, 0.25) is 0 Å². The summed E-state index contributed by atoms with van der Waals surface area (Å²) < 4.78 is 10.7. The zero-order valence-corrected chi connectivity index (χ0v) is 13.8. The molecule has 120 valence electrons. The molecule has 20 heavy (non-hydrogen) atoms. The summed E-state index contributed by atoms with van der Waals surface area (Å²) >= 11 is 0. The fourth-order valence-electron chi connectivity index (χ4n) is 2.18. The van der Waals surface area contributed by atoms with E-state index in [9.17, 15) is 4.79 Å². The molecular formula is C16H33NO3. The van der Waals surface area contributed by atoms with E-state index in [-0.39, 0.29) is 5.97 Å². The highest BCUT2D eigenvalue weighted by Crippen LogP contribution is 2.16. The molecule has 0 saturated carbocycles. The van der Waals surface area contributed by atoms with Crippen LogP contribution >= 0.6 is 0 Å². The van der Waals surface area contributed by atoms with Gasteiger partial charge in [0.05, 0.1) is 6.61 Å². The third kappa shape index (κ3) is 8.54. The lowest BCUT2D eigenvalue weighted by molar-refractivity contribution is -0.150. The number of carbonyl (C=O) groups excluding carboxylic acids is 1. The van der Waals surface area contributed by atoms with E-state index in [1.165, 1.54) is 12.8 Å². The minimum Gasteiger partial charge on any atom is -0.465 e. The molecular weight excluding hydrogens is 254 g/mol. The van der Waals surface area contributed by atoms with Gasteiger partial charge in [0.15, 0.2) is 0 Å². The molecule has 4 nitrogen and oxygen atoms in total. The van der Waals surface area contributed by atoms with Crippen molar-refractivity contribution < 1.29 is 14.3 Å². The average molecular weight is 287 g/mol. The highest BCUT2D eigenvalue weighted by Gasteiger charge is 2.32. The fraction of sp³-hybridized carbons (Fsp3) is 0.938. The lowest BCUT2D eigenvalue weighted by Crippen LogP contribution is -2.50. The first-order chi connectivity index (χ1) is 9.60. The first-order valence-electron chi connectivity index (χ1n) is 8.10. The zero-order chi connectivity index (χ0) is 15.3. The molecule has 4 heteroatoms. The van der Waals surface area contributed by atoms with Crippen LogP contribution < -0.4 is 5.32 Å². The Bertz CT molecular complexity index is 246. The summed E-state index contributed by atoms with van der Waals surface area (Å²) in [4.78, 5) is 12.0. The Labute approximate surface area is 124 Å². The first kappa shape index (κ1) is 19.4. The van der Waals surface area contributed by atoms with E-state index in [2.05, 4.69) is 12.2 Å². The predicted molar refractivity (Wildman–Crippen MR) is 82.9 cm³/mol. The van der Waals surface area contributed by atoms with Gasteiger partial charge in [-0.15, -0.1) is 0 Å². The molecule has 0 aromatic rings. The van der Waals surface area contributed by atoms with Crippen LogP contribution in [0.3, 0.4) is 0 Å². The van der Waals surface area contributed by atoms with Crippen molar-refractivity contribution in [2.75, 3.05) is 26.4 Å². The number of hydrogen-bond acceptors (Lipinski definition) is 4. The van der Waals surface area contributed by atoms with Gasteiger partial charge in [0, 0.05) is 13.2 Å². The second-order valence-corrected chi connectivity index (χ2v) is 5.36. The van der Waals surface area contributed by atoms with Gasteiger partial charge in [-0.05, 0) is 46.1 Å². The molecule has 0 bridgehead atoms. The SMILES string of the molecule is CCCCCOCCCCC(C)(NCC)C(=O)OCC. The Morgan fingerprint density at radius 2 is 1.70 bits per heavy atom. The monoisotopic (exact) mass is 287 g/mol. The molecule has 0 aliphatic heterocycles. The van der Waals surface area contributed by atoms with Gasteiger partial charge in [-0.3, -0.25) is 4.79 Å². The van der Waals surface area contributed by atoms with Crippen molar-refractivity contribution in [2.24, 2.45) is 0 Å². The molecule has 0 rings (SSSR count). The maximum absolute atomic E-state index is 12.0. The lowest BCUT2D eigenvalue weighted by Gasteiger charge is -2.28. The van der Waals surface area contributed by atoms with Crippen LogP contribution in [0.4, 0.5) is 0 Å². The number of carbonyl (C=O) groups is 1. The van der Waals surface area contributed by atoms with Gasteiger partial charge in [-0.1, -0.05) is 26.7 Å². The Balaban J connectivity index is 3.83. The highest BCUT2D eigenvalue weighted by atomic mass is 16.5. The summed E-state index contributed by atoms with van der Waals surface area (Å²) in [5.41, 5.74) is -0.563. The summed E-state index contributed by atoms with van der Waals surface area (Å²) in [6.45, 7) is 10.8. The van der Waals surface area contributed by atoms with E-state index >= 15 is 0 Å². The quantitative estimate of drug-likeness (QED) is 0.417. The molecule has 0 aromatic heterocycles. The normalized spacial score (nSPS) is 14.0. The molecule has 0 fully saturated rings. The van der Waals surface area contributed by atoms with Crippen LogP contribution in [0.1, 0.15) is 66.2 Å². The van der Waals surface area contributed by atoms with Crippen molar-refractivity contribution in [2.45, 2.75) is 71.8 Å². The van der Waals surface area contributed by atoms with Crippen molar-refractivity contribution in [1.29, 1.82) is 0 Å². The van der Waals surface area contributed by atoms with Crippen molar-refractivity contribution in [1.82, 2.24) is 5.32 Å². The summed E-state index contributed by atoms with van der Waals surface area (Å²) in [5, 5.41) is 3.25. The predicted octanol–water partition coefficient (Wildman–Crippen LogP) is 3.29. The molecule has 0 amide bonds. The van der Waals surface area contributed by atoms with Crippen molar-refractivity contribution >= 4 is 5.97 Å². The number of hydrogen-bond donors (Lipinski definition) is 1. The van der Waals surface area contributed by atoms with Gasteiger partial charge in [0.1, 0.15) is 5.54 Å². The molecule has 0 saturated heterocycles. The Hall–Kier alpha value is -0.610. The van der Waals surface area contributed by atoms with Crippen LogP contribution in [0.5, 0.6) is 0 Å². The smallest absolute Gasteiger partial charge is 0.326 e. The van der Waals surface area contributed by atoms with Crippen LogP contribution in [-0.4, -0.2) is 37.9 Å². The van der Waals surface area contributed by atoms with Gasteiger partial charge in [-0.25, -0.2) is 0 Å². The van der Waals surface area contributed by atoms with Crippen LogP contribution in [0.25, 0.3) is 0 Å². The van der Waals surface area contributed by atoms with Crippen LogP contribution in [-0.2, 0) is 14.3 Å². The van der Waals surface area contributed by atoms with Crippen molar-refractivity contribution in [3.05, 3.63) is 0 Å². The largest absolute Gasteiger partial charge is 0.465 e. The van der Waals surface area contributed by atoms with E-state index in [0.29, 0.717) is 6.61 Å². The van der Waals surface area contributed by atoms with Crippen molar-refractivity contribution in [3.63, 3.8) is 0 Å². The van der Waals surface area contributed by atoms with E-state index in [1.807, 2.05) is 20.8 Å². The minimum absolute atomic E-state index is 0.147. The van der Waals surface area contributed by atoms with Gasteiger partial charge < -0.3 is 14.8 Å². The maximum atomic E-state index is 12.0. The topological polar surface area (TPSA) is 47.6 Å². The van der Waals surface area contributed by atoms with Gasteiger partial charge in [-0.2, -0.15) is 0 Å². The van der Waals surface area contributed by atoms with E-state index in [0.717, 1.165) is 45.4 Å². The fourth-order valence-corrected chi connectivity index (χ4v) is 2.18. The minimum atomic E-state index is -0.563. The summed E-state index contributed by atoms with van der Waals surface area (Å²) in [6, 6.07) is 0. The molecule has 0 aromatic carbocycles. The van der Waals surface area contributed by atoms with E-state index in [1.54, 1.807) is 0 Å². The van der Waals surface area contributed by atoms with Gasteiger partial charge in [0.2, 0.25) is 0 Å². The number of rotatable bonds is 13. The lowest BCUT2D eigenvalue weighted by atomic mass is 9.95. The molecule has 1 unspecified atom stereocenters. The Morgan fingerprint density at radius 1 is 1.05 bits per heavy atom. The molecule has 0 aliphatic carbocycles. The molecule has 0 spiro atoms. The second kappa shape index (κ2) is 12.2. The summed E-state index contributed by atoms with van der Waals surface area (Å²) in [6.07, 6.45) is 6.36. The van der Waals surface area contributed by atoms with E-state index in [4.69, 9.17) is 9.47 Å². The third-order valence-electron chi connectivity index (χ3n) is 3.40. The number of unbranched alkanes of at least 4 members (excludes halogenated alkanes) is 3. The third-order valence-corrected chi connectivity index (χ3v) is 3.40. The zero-order valence-electron chi connectivity index (χ0n) is 13.8. The van der Waals surface area contributed by atoms with Crippen molar-refractivity contribution in [3.8, 4) is 0 Å². The standard InChI is InChI=1S/C16H33NO3/c1-5-8-10-13-19-14-11-9-12-16(4,17-6-2)15(18)20-7-3/h17H,5-14H2,1-4H3. The molecule has 1 N–H and O–H groups in total. The van der Waals surface area contributed by atoms with E-state index < -0.39 is 5.54 Å². The summed E-state index contributed by atoms with van der Waals surface area (Å²) in [5.74, 6) is -0.147. The molecule has 1 atom stereocenters. The number of likely N-dealkylation sites (N-methyl/N-ethyl adjacent to an activating group) is 1. The van der Waals surface area contributed by atoms with Crippen LogP contribution in [0, 0.1) is 0 Å².